The molecular weight excluding hydrogens is 246 g/mol. The Hall–Kier alpha value is -1.15. The average molecular weight is 259 g/mol. The van der Waals surface area contributed by atoms with Gasteiger partial charge < -0.3 is 5.32 Å². The molecule has 7 nitrogen and oxygen atoms in total. The Kier molecular flexibility index (Phi) is 2.21. The van der Waals surface area contributed by atoms with Crippen LogP contribution >= 0.6 is 0 Å². The molecule has 2 aliphatic heterocycles. The van der Waals surface area contributed by atoms with Crippen LogP contribution in [-0.2, 0) is 14.8 Å². The summed E-state index contributed by atoms with van der Waals surface area (Å²) < 4.78 is 25.0. The second-order valence-electron chi connectivity index (χ2n) is 4.64. The molecule has 0 atom stereocenters. The molecule has 1 saturated carbocycles. The molecule has 0 aromatic heterocycles. The zero-order valence-corrected chi connectivity index (χ0v) is 9.94. The van der Waals surface area contributed by atoms with E-state index < -0.39 is 16.1 Å². The van der Waals surface area contributed by atoms with E-state index in [-0.39, 0.29) is 36.8 Å². The van der Waals surface area contributed by atoms with Gasteiger partial charge in [0.05, 0.1) is 17.8 Å². The van der Waals surface area contributed by atoms with Gasteiger partial charge in [-0.2, -0.15) is 4.31 Å². The van der Waals surface area contributed by atoms with E-state index in [4.69, 9.17) is 0 Å². The topological polar surface area (TPSA) is 86.8 Å². The van der Waals surface area contributed by atoms with Crippen LogP contribution in [-0.4, -0.2) is 60.5 Å². The second kappa shape index (κ2) is 3.42. The Morgan fingerprint density at radius 3 is 2.29 bits per heavy atom. The fourth-order valence-electron chi connectivity index (χ4n) is 2.17. The molecule has 3 aliphatic rings. The first-order valence-electron chi connectivity index (χ1n) is 5.59. The lowest BCUT2D eigenvalue weighted by Crippen LogP contribution is -2.62. The minimum Gasteiger partial charge on any atom is -0.329 e. The number of imide groups is 1. The monoisotopic (exact) mass is 259 g/mol. The fourth-order valence-corrected chi connectivity index (χ4v) is 4.08. The van der Waals surface area contributed by atoms with Gasteiger partial charge in [-0.1, -0.05) is 0 Å². The van der Waals surface area contributed by atoms with Crippen molar-refractivity contribution < 1.29 is 18.0 Å². The highest BCUT2D eigenvalue weighted by Crippen LogP contribution is 2.34. The van der Waals surface area contributed by atoms with E-state index in [1.54, 1.807) is 0 Å². The van der Waals surface area contributed by atoms with Crippen molar-refractivity contribution in [3.05, 3.63) is 0 Å². The number of amides is 3. The highest BCUT2D eigenvalue weighted by Gasteiger charge is 2.49. The molecule has 3 rings (SSSR count). The molecule has 0 spiro atoms. The van der Waals surface area contributed by atoms with Crippen LogP contribution < -0.4 is 5.32 Å². The fraction of sp³-hybridized carbons (Fsp3) is 0.778. The van der Waals surface area contributed by atoms with E-state index >= 15 is 0 Å². The summed E-state index contributed by atoms with van der Waals surface area (Å²) in [6, 6.07) is -0.706. The van der Waals surface area contributed by atoms with E-state index in [0.717, 1.165) is 17.7 Å². The largest absolute Gasteiger partial charge is 0.329 e. The summed E-state index contributed by atoms with van der Waals surface area (Å²) in [6.07, 6.45) is 1.46. The van der Waals surface area contributed by atoms with Crippen molar-refractivity contribution in [3.8, 4) is 0 Å². The van der Waals surface area contributed by atoms with Gasteiger partial charge in [0.2, 0.25) is 15.9 Å². The SMILES string of the molecule is O=C1CNC(=O)N1C1CN(S(=O)(=O)C2CC2)C1. The lowest BCUT2D eigenvalue weighted by Gasteiger charge is -2.41. The van der Waals surface area contributed by atoms with Gasteiger partial charge in [0.15, 0.2) is 0 Å². The maximum Gasteiger partial charge on any atom is 0.324 e. The van der Waals surface area contributed by atoms with Crippen molar-refractivity contribution in [2.45, 2.75) is 24.1 Å². The third-order valence-corrected chi connectivity index (χ3v) is 5.71. The molecule has 0 aromatic carbocycles. The number of sulfonamides is 1. The molecule has 2 saturated heterocycles. The van der Waals surface area contributed by atoms with E-state index in [0.29, 0.717) is 0 Å². The molecule has 3 amide bonds. The first-order chi connectivity index (χ1) is 8.00. The van der Waals surface area contributed by atoms with Gasteiger partial charge in [-0.3, -0.25) is 9.69 Å². The number of nitrogens with one attached hydrogen (secondary N) is 1. The normalized spacial score (nSPS) is 27.2. The van der Waals surface area contributed by atoms with Crippen molar-refractivity contribution in [1.29, 1.82) is 0 Å². The zero-order valence-electron chi connectivity index (χ0n) is 9.13. The summed E-state index contributed by atoms with van der Waals surface area (Å²) >= 11 is 0. The average Bonchev–Trinajstić information content (AvgIpc) is 2.97. The molecular formula is C9H13N3O4S. The van der Waals surface area contributed by atoms with E-state index in [9.17, 15) is 18.0 Å². The van der Waals surface area contributed by atoms with E-state index in [1.165, 1.54) is 4.31 Å². The quantitative estimate of drug-likeness (QED) is 0.639. The molecule has 0 unspecified atom stereocenters. The Balaban J connectivity index is 1.65. The van der Waals surface area contributed by atoms with E-state index in [1.807, 2.05) is 0 Å². The highest BCUT2D eigenvalue weighted by molar-refractivity contribution is 7.90. The van der Waals surface area contributed by atoms with Crippen LogP contribution in [0, 0.1) is 0 Å². The van der Waals surface area contributed by atoms with Gasteiger partial charge in [0.1, 0.15) is 0 Å². The first kappa shape index (κ1) is 11.0. The van der Waals surface area contributed by atoms with Crippen LogP contribution in [0.4, 0.5) is 4.79 Å². The smallest absolute Gasteiger partial charge is 0.324 e. The summed E-state index contributed by atoms with van der Waals surface area (Å²) in [5.41, 5.74) is 0. The Bertz CT molecular complexity index is 462. The molecule has 0 aromatic rings. The van der Waals surface area contributed by atoms with Crippen molar-refractivity contribution in [2.75, 3.05) is 19.6 Å². The molecule has 1 aliphatic carbocycles. The first-order valence-corrected chi connectivity index (χ1v) is 7.09. The van der Waals surface area contributed by atoms with Crippen molar-refractivity contribution in [2.24, 2.45) is 0 Å². The van der Waals surface area contributed by atoms with Crippen LogP contribution in [0.3, 0.4) is 0 Å². The molecule has 94 valence electrons. The summed E-state index contributed by atoms with van der Waals surface area (Å²) in [4.78, 5) is 23.9. The van der Waals surface area contributed by atoms with Gasteiger partial charge in [-0.05, 0) is 12.8 Å². The van der Waals surface area contributed by atoms with Crippen LogP contribution in [0.25, 0.3) is 0 Å². The van der Waals surface area contributed by atoms with Crippen LogP contribution in [0.2, 0.25) is 0 Å². The summed E-state index contributed by atoms with van der Waals surface area (Å²) in [5.74, 6) is -0.275. The highest BCUT2D eigenvalue weighted by atomic mass is 32.2. The van der Waals surface area contributed by atoms with Gasteiger partial charge >= 0.3 is 6.03 Å². The Morgan fingerprint density at radius 2 is 1.82 bits per heavy atom. The minimum absolute atomic E-state index is 0.0186. The number of carbonyl (C=O) groups excluding carboxylic acids is 2. The van der Waals surface area contributed by atoms with Crippen LogP contribution in [0.5, 0.6) is 0 Å². The van der Waals surface area contributed by atoms with Crippen LogP contribution in [0.1, 0.15) is 12.8 Å². The summed E-state index contributed by atoms with van der Waals surface area (Å²) in [5, 5.41) is 2.20. The van der Waals surface area contributed by atoms with Gasteiger partial charge in [-0.15, -0.1) is 0 Å². The number of hydrogen-bond donors (Lipinski definition) is 1. The second-order valence-corrected chi connectivity index (χ2v) is 6.85. The van der Waals surface area contributed by atoms with Crippen molar-refractivity contribution >= 4 is 22.0 Å². The van der Waals surface area contributed by atoms with Gasteiger partial charge in [0, 0.05) is 13.1 Å². The van der Waals surface area contributed by atoms with Crippen molar-refractivity contribution in [1.82, 2.24) is 14.5 Å². The number of rotatable bonds is 3. The Morgan fingerprint density at radius 1 is 1.18 bits per heavy atom. The third-order valence-electron chi connectivity index (χ3n) is 3.38. The van der Waals surface area contributed by atoms with Gasteiger partial charge in [-0.25, -0.2) is 13.2 Å². The number of urea groups is 1. The number of carbonyl (C=O) groups is 2. The summed E-state index contributed by atoms with van der Waals surface area (Å²) in [6.45, 7) is 0.515. The predicted octanol–water partition coefficient (Wildman–Crippen LogP) is -1.29. The summed E-state index contributed by atoms with van der Waals surface area (Å²) in [7, 11) is -3.16. The number of hydrogen-bond acceptors (Lipinski definition) is 4. The molecule has 0 radical (unpaired) electrons. The lowest BCUT2D eigenvalue weighted by molar-refractivity contribution is -0.128. The predicted molar refractivity (Wildman–Crippen MR) is 57.5 cm³/mol. The lowest BCUT2D eigenvalue weighted by atomic mass is 10.1. The zero-order chi connectivity index (χ0) is 12.2. The van der Waals surface area contributed by atoms with Gasteiger partial charge in [0.25, 0.3) is 0 Å². The molecule has 0 bridgehead atoms. The molecule has 8 heteroatoms. The van der Waals surface area contributed by atoms with Crippen LogP contribution in [0.15, 0.2) is 0 Å². The number of nitrogens with zero attached hydrogens (tertiary/aromatic N) is 2. The molecule has 1 N–H and O–H groups in total. The van der Waals surface area contributed by atoms with E-state index in [2.05, 4.69) is 5.32 Å². The standard InChI is InChI=1S/C9H13N3O4S/c13-8-3-10-9(14)12(8)6-4-11(5-6)17(15,16)7-1-2-7/h6-7H,1-5H2,(H,10,14). The minimum atomic E-state index is -3.16. The maximum atomic E-state index is 11.8. The Labute approximate surface area is 98.8 Å². The van der Waals surface area contributed by atoms with Crippen molar-refractivity contribution in [3.63, 3.8) is 0 Å². The molecule has 17 heavy (non-hydrogen) atoms. The third kappa shape index (κ3) is 1.62. The molecule has 3 fully saturated rings. The maximum absolute atomic E-state index is 11.8. The molecule has 2 heterocycles.